The molecule has 0 aromatic heterocycles. The molecule has 0 aliphatic carbocycles. The fraction of sp³-hybridized carbons (Fsp3) is 0.250. The first-order valence-electron chi connectivity index (χ1n) is 6.15. The third kappa shape index (κ3) is 3.79. The fourth-order valence-electron chi connectivity index (χ4n) is 2.30. The Morgan fingerprint density at radius 1 is 1.05 bits per heavy atom. The van der Waals surface area contributed by atoms with Gasteiger partial charge in [0.2, 0.25) is 0 Å². The number of aliphatic hydroxyl groups is 1. The highest BCUT2D eigenvalue weighted by atomic mass is 35.5. The highest BCUT2D eigenvalue weighted by Crippen LogP contribution is 2.23. The van der Waals surface area contributed by atoms with Gasteiger partial charge < -0.3 is 5.11 Å². The lowest BCUT2D eigenvalue weighted by Crippen LogP contribution is -2.03. The number of hydrogen-bond acceptors (Lipinski definition) is 1. The van der Waals surface area contributed by atoms with Crippen LogP contribution in [0.4, 0.5) is 4.39 Å². The van der Waals surface area contributed by atoms with Crippen molar-refractivity contribution in [1.29, 1.82) is 0 Å². The molecule has 0 heterocycles. The number of rotatable bonds is 3. The molecule has 19 heavy (non-hydrogen) atoms. The first-order valence-corrected chi connectivity index (χ1v) is 6.53. The average Bonchev–Trinajstić information content (AvgIpc) is 2.25. The summed E-state index contributed by atoms with van der Waals surface area (Å²) < 4.78 is 13.3. The van der Waals surface area contributed by atoms with Crippen LogP contribution in [0.2, 0.25) is 5.02 Å². The highest BCUT2D eigenvalue weighted by Gasteiger charge is 2.11. The van der Waals surface area contributed by atoms with Crippen LogP contribution < -0.4 is 0 Å². The van der Waals surface area contributed by atoms with Crippen molar-refractivity contribution in [3.63, 3.8) is 0 Å². The van der Waals surface area contributed by atoms with Gasteiger partial charge in [0.05, 0.1) is 6.10 Å². The zero-order chi connectivity index (χ0) is 14.0. The van der Waals surface area contributed by atoms with E-state index in [1.165, 1.54) is 12.1 Å². The first-order chi connectivity index (χ1) is 8.94. The summed E-state index contributed by atoms with van der Waals surface area (Å²) in [5, 5.41) is 10.5. The Balaban J connectivity index is 2.22. The van der Waals surface area contributed by atoms with Gasteiger partial charge in [-0.15, -0.1) is 0 Å². The van der Waals surface area contributed by atoms with E-state index >= 15 is 0 Å². The molecule has 1 N–H and O–H groups in total. The summed E-state index contributed by atoms with van der Waals surface area (Å²) in [5.74, 6) is -0.429. The Bertz CT molecular complexity index is 555. The maximum Gasteiger partial charge on any atom is 0.125 e. The minimum atomic E-state index is -0.755. The van der Waals surface area contributed by atoms with Crippen molar-refractivity contribution in [2.75, 3.05) is 0 Å². The van der Waals surface area contributed by atoms with E-state index in [4.69, 9.17) is 11.6 Å². The molecule has 0 amide bonds. The van der Waals surface area contributed by atoms with Gasteiger partial charge in [0.25, 0.3) is 0 Å². The third-order valence-corrected chi connectivity index (χ3v) is 3.20. The van der Waals surface area contributed by atoms with Gasteiger partial charge in [0, 0.05) is 11.4 Å². The van der Waals surface area contributed by atoms with Crippen LogP contribution in [0.1, 0.15) is 28.4 Å². The van der Waals surface area contributed by atoms with Crippen molar-refractivity contribution in [2.45, 2.75) is 26.4 Å². The minimum absolute atomic E-state index is 0.300. The summed E-state index contributed by atoms with van der Waals surface area (Å²) in [5.41, 5.74) is 3.84. The van der Waals surface area contributed by atoms with Crippen LogP contribution in [0.25, 0.3) is 0 Å². The van der Waals surface area contributed by atoms with Gasteiger partial charge in [-0.25, -0.2) is 4.39 Å². The van der Waals surface area contributed by atoms with Crippen molar-refractivity contribution < 1.29 is 9.50 Å². The van der Waals surface area contributed by atoms with Crippen molar-refractivity contribution in [3.05, 3.63) is 69.5 Å². The van der Waals surface area contributed by atoms with Crippen LogP contribution >= 0.6 is 11.6 Å². The quantitative estimate of drug-likeness (QED) is 0.884. The molecule has 2 aromatic rings. The van der Waals surface area contributed by atoms with Crippen LogP contribution in [0.3, 0.4) is 0 Å². The smallest absolute Gasteiger partial charge is 0.125 e. The second-order valence-electron chi connectivity index (χ2n) is 4.92. The first kappa shape index (κ1) is 14.0. The van der Waals surface area contributed by atoms with Gasteiger partial charge in [-0.2, -0.15) is 0 Å². The molecular formula is C16H16ClFO. The standard InChI is InChI=1S/C16H16ClFO/c1-10-3-11(2)5-12(4-10)6-16(19)13-7-14(17)9-15(18)8-13/h3-5,7-9,16,19H,6H2,1-2H3. The Kier molecular flexibility index (Phi) is 4.23. The second kappa shape index (κ2) is 5.72. The molecule has 0 spiro atoms. The van der Waals surface area contributed by atoms with Crippen LogP contribution in [0.5, 0.6) is 0 Å². The molecule has 0 fully saturated rings. The summed E-state index contributed by atoms with van der Waals surface area (Å²) in [6, 6.07) is 10.3. The monoisotopic (exact) mass is 278 g/mol. The van der Waals surface area contributed by atoms with Gasteiger partial charge in [-0.05, 0) is 43.2 Å². The Labute approximate surface area is 117 Å². The van der Waals surface area contributed by atoms with E-state index < -0.39 is 11.9 Å². The van der Waals surface area contributed by atoms with Gasteiger partial charge >= 0.3 is 0 Å². The highest BCUT2D eigenvalue weighted by molar-refractivity contribution is 6.30. The van der Waals surface area contributed by atoms with Gasteiger partial charge in [-0.3, -0.25) is 0 Å². The number of halogens is 2. The lowest BCUT2D eigenvalue weighted by molar-refractivity contribution is 0.178. The van der Waals surface area contributed by atoms with Crippen LogP contribution in [-0.2, 0) is 6.42 Å². The van der Waals surface area contributed by atoms with Crippen LogP contribution in [0, 0.1) is 19.7 Å². The van der Waals surface area contributed by atoms with E-state index in [9.17, 15) is 9.50 Å². The molecule has 100 valence electrons. The molecule has 0 radical (unpaired) electrons. The molecule has 2 aromatic carbocycles. The second-order valence-corrected chi connectivity index (χ2v) is 5.36. The zero-order valence-electron chi connectivity index (χ0n) is 11.0. The lowest BCUT2D eigenvalue weighted by atomic mass is 9.98. The van der Waals surface area contributed by atoms with Gasteiger partial charge in [0.1, 0.15) is 5.82 Å². The minimum Gasteiger partial charge on any atom is -0.388 e. The number of aryl methyl sites for hydroxylation is 2. The molecule has 0 saturated carbocycles. The van der Waals surface area contributed by atoms with Crippen molar-refractivity contribution in [1.82, 2.24) is 0 Å². The average molecular weight is 279 g/mol. The fourth-order valence-corrected chi connectivity index (χ4v) is 2.53. The Morgan fingerprint density at radius 2 is 1.68 bits per heavy atom. The largest absolute Gasteiger partial charge is 0.388 e. The summed E-state index contributed by atoms with van der Waals surface area (Å²) in [6.07, 6.45) is -0.308. The molecule has 0 aliphatic heterocycles. The van der Waals surface area contributed by atoms with Crippen molar-refractivity contribution in [3.8, 4) is 0 Å². The lowest BCUT2D eigenvalue weighted by Gasteiger charge is -2.13. The number of hydrogen-bond donors (Lipinski definition) is 1. The van der Waals surface area contributed by atoms with Gasteiger partial charge in [0.15, 0.2) is 0 Å². The molecule has 0 bridgehead atoms. The van der Waals surface area contributed by atoms with Gasteiger partial charge in [-0.1, -0.05) is 40.9 Å². The Hall–Kier alpha value is -1.38. The summed E-state index contributed by atoms with van der Waals surface area (Å²) >= 11 is 5.80. The summed E-state index contributed by atoms with van der Waals surface area (Å²) in [7, 11) is 0. The molecule has 2 rings (SSSR count). The van der Waals surface area contributed by atoms with E-state index in [1.807, 2.05) is 26.0 Å². The van der Waals surface area contributed by atoms with E-state index in [0.29, 0.717) is 17.0 Å². The normalized spacial score (nSPS) is 12.5. The third-order valence-electron chi connectivity index (χ3n) is 2.98. The molecule has 3 heteroatoms. The molecule has 1 atom stereocenters. The molecule has 0 aliphatic rings. The van der Waals surface area contributed by atoms with Crippen LogP contribution in [-0.4, -0.2) is 5.11 Å². The molecule has 0 saturated heterocycles. The van der Waals surface area contributed by atoms with E-state index in [2.05, 4.69) is 6.07 Å². The number of aliphatic hydroxyl groups excluding tert-OH is 1. The number of benzene rings is 2. The van der Waals surface area contributed by atoms with Crippen molar-refractivity contribution in [2.24, 2.45) is 0 Å². The predicted molar refractivity (Wildman–Crippen MR) is 76.0 cm³/mol. The SMILES string of the molecule is Cc1cc(C)cc(CC(O)c2cc(F)cc(Cl)c2)c1. The molecule has 1 nitrogen and oxygen atoms in total. The van der Waals surface area contributed by atoms with Crippen LogP contribution in [0.15, 0.2) is 36.4 Å². The van der Waals surface area contributed by atoms with E-state index in [-0.39, 0.29) is 0 Å². The maximum absolute atomic E-state index is 13.3. The summed E-state index contributed by atoms with van der Waals surface area (Å²) in [6.45, 7) is 4.03. The van der Waals surface area contributed by atoms with E-state index in [1.54, 1.807) is 6.07 Å². The molecular weight excluding hydrogens is 263 g/mol. The Morgan fingerprint density at radius 3 is 2.26 bits per heavy atom. The molecule has 1 unspecified atom stereocenters. The van der Waals surface area contributed by atoms with E-state index in [0.717, 1.165) is 16.7 Å². The zero-order valence-corrected chi connectivity index (χ0v) is 11.7. The summed E-state index contributed by atoms with van der Waals surface area (Å²) in [4.78, 5) is 0. The topological polar surface area (TPSA) is 20.2 Å². The predicted octanol–water partition coefficient (Wildman–Crippen LogP) is 4.37. The maximum atomic E-state index is 13.3. The van der Waals surface area contributed by atoms with Crippen molar-refractivity contribution >= 4 is 11.6 Å².